The summed E-state index contributed by atoms with van der Waals surface area (Å²) >= 11 is 0. The molecule has 0 saturated carbocycles. The summed E-state index contributed by atoms with van der Waals surface area (Å²) in [5, 5.41) is 8.43. The lowest BCUT2D eigenvalue weighted by Gasteiger charge is -2.00. The fraction of sp³-hybridized carbons (Fsp3) is 0.333. The van der Waals surface area contributed by atoms with Crippen LogP contribution in [0.1, 0.15) is 0 Å². The number of halogens is 2. The summed E-state index contributed by atoms with van der Waals surface area (Å²) in [6.07, 6.45) is 0.450. The van der Waals surface area contributed by atoms with Crippen LogP contribution in [0.4, 0.5) is 8.78 Å². The van der Waals surface area contributed by atoms with Crippen LogP contribution in [-0.2, 0) is 9.53 Å². The van der Waals surface area contributed by atoms with Gasteiger partial charge in [0.15, 0.2) is 5.88 Å². The Labute approximate surface area is 72.5 Å². The van der Waals surface area contributed by atoms with Crippen molar-refractivity contribution >= 4 is 12.2 Å². The number of alkyl halides is 2. The van der Waals surface area contributed by atoms with Gasteiger partial charge >= 0.3 is 12.5 Å². The van der Waals surface area contributed by atoms with Gasteiger partial charge in [-0.05, 0) is 0 Å². The number of aliphatic carboxylic acids is 1. The van der Waals surface area contributed by atoms with E-state index < -0.39 is 24.0 Å². The van der Waals surface area contributed by atoms with Crippen LogP contribution in [0.25, 0.3) is 0 Å². The molecule has 74 valence electrons. The number of hydrogen-bond donors (Lipinski definition) is 2. The number of rotatable bonds is 4. The van der Waals surface area contributed by atoms with Crippen LogP contribution in [0.15, 0.2) is 16.4 Å². The first-order chi connectivity index (χ1) is 5.99. The molecule has 0 saturated heterocycles. The van der Waals surface area contributed by atoms with E-state index in [1.165, 1.54) is 0 Å². The second kappa shape index (κ2) is 5.07. The third kappa shape index (κ3) is 4.04. The molecule has 3 N–H and O–H groups in total. The molecule has 7 heteroatoms. The number of carboxylic acids is 1. The van der Waals surface area contributed by atoms with Crippen LogP contribution in [0.2, 0.25) is 0 Å². The zero-order valence-corrected chi connectivity index (χ0v) is 6.70. The van der Waals surface area contributed by atoms with E-state index in [0.717, 1.165) is 7.11 Å². The predicted octanol–water partition coefficient (Wildman–Crippen LogP) is 0.181. The summed E-state index contributed by atoms with van der Waals surface area (Å²) in [5.41, 5.74) is 4.44. The lowest BCUT2D eigenvalue weighted by Crippen LogP contribution is -2.13. The van der Waals surface area contributed by atoms with E-state index in [4.69, 9.17) is 10.8 Å². The van der Waals surface area contributed by atoms with Gasteiger partial charge in [0.2, 0.25) is 0 Å². The molecule has 0 rings (SSSR count). The standard InChI is InChI=1S/C6H8F2N2O3/c1-13-4(9)3(5(11)12)2-10-6(7)8/h2,6H,9H2,1H3,(H,11,12)/b4-3-,10-2+. The molecule has 0 aliphatic rings. The molecule has 0 spiro atoms. The second-order valence-corrected chi connectivity index (χ2v) is 1.84. The van der Waals surface area contributed by atoms with Gasteiger partial charge in [-0.25, -0.2) is 9.79 Å². The van der Waals surface area contributed by atoms with Crippen LogP contribution >= 0.6 is 0 Å². The van der Waals surface area contributed by atoms with Gasteiger partial charge in [-0.3, -0.25) is 0 Å². The number of hydrogen-bond acceptors (Lipinski definition) is 4. The molecular weight excluding hydrogens is 186 g/mol. The SMILES string of the molecule is CO/C(N)=C(/C=N/C(F)F)C(=O)O. The van der Waals surface area contributed by atoms with Crippen LogP contribution < -0.4 is 5.73 Å². The Morgan fingerprint density at radius 1 is 1.69 bits per heavy atom. The smallest absolute Gasteiger partial charge is 0.342 e. The van der Waals surface area contributed by atoms with Gasteiger partial charge in [0.25, 0.3) is 0 Å². The molecule has 0 aliphatic heterocycles. The number of nitrogens with two attached hydrogens (primary N) is 1. The first kappa shape index (κ1) is 11.3. The summed E-state index contributed by atoms with van der Waals surface area (Å²) in [5.74, 6) is -1.96. The first-order valence-corrected chi connectivity index (χ1v) is 3.07. The first-order valence-electron chi connectivity index (χ1n) is 3.07. The normalized spacial score (nSPS) is 13.2. The van der Waals surface area contributed by atoms with Crippen molar-refractivity contribution < 1.29 is 23.4 Å². The molecule has 0 aromatic carbocycles. The van der Waals surface area contributed by atoms with Gasteiger partial charge in [-0.15, -0.1) is 0 Å². The molecule has 0 unspecified atom stereocenters. The van der Waals surface area contributed by atoms with Crippen LogP contribution in [0.3, 0.4) is 0 Å². The van der Waals surface area contributed by atoms with E-state index >= 15 is 0 Å². The quantitative estimate of drug-likeness (QED) is 0.289. The molecule has 13 heavy (non-hydrogen) atoms. The van der Waals surface area contributed by atoms with E-state index in [-0.39, 0.29) is 0 Å². The van der Waals surface area contributed by atoms with Crippen molar-refractivity contribution in [2.45, 2.75) is 6.55 Å². The molecule has 0 aliphatic carbocycles. The van der Waals surface area contributed by atoms with Gasteiger partial charge < -0.3 is 15.6 Å². The number of ether oxygens (including phenoxy) is 1. The summed E-state index contributed by atoms with van der Waals surface area (Å²) in [4.78, 5) is 12.9. The van der Waals surface area contributed by atoms with Gasteiger partial charge in [0, 0.05) is 6.21 Å². The zero-order chi connectivity index (χ0) is 10.4. The fourth-order valence-corrected chi connectivity index (χ4v) is 0.465. The Bertz CT molecular complexity index is 250. The van der Waals surface area contributed by atoms with E-state index in [2.05, 4.69) is 9.73 Å². The number of nitrogens with zero attached hydrogens (tertiary/aromatic N) is 1. The number of methoxy groups -OCH3 is 1. The third-order valence-corrected chi connectivity index (χ3v) is 1.03. The Kier molecular flexibility index (Phi) is 4.42. The monoisotopic (exact) mass is 194 g/mol. The summed E-state index contributed by atoms with van der Waals surface area (Å²) in [6.45, 7) is -2.97. The van der Waals surface area contributed by atoms with E-state index in [0.29, 0.717) is 6.21 Å². The van der Waals surface area contributed by atoms with Crippen molar-refractivity contribution in [2.75, 3.05) is 7.11 Å². The Morgan fingerprint density at radius 3 is 2.54 bits per heavy atom. The van der Waals surface area contributed by atoms with Crippen molar-refractivity contribution in [2.24, 2.45) is 10.7 Å². The van der Waals surface area contributed by atoms with Gasteiger partial charge in [-0.2, -0.15) is 8.78 Å². The molecule has 0 atom stereocenters. The summed E-state index contributed by atoms with van der Waals surface area (Å²) < 4.78 is 27.4. The maximum Gasteiger partial charge on any atom is 0.342 e. The molecule has 0 aromatic rings. The highest BCUT2D eigenvalue weighted by Crippen LogP contribution is 2.00. The molecule has 0 radical (unpaired) electrons. The predicted molar refractivity (Wildman–Crippen MR) is 40.4 cm³/mol. The maximum absolute atomic E-state index is 11.5. The molecule has 0 bridgehead atoms. The lowest BCUT2D eigenvalue weighted by atomic mass is 10.3. The maximum atomic E-state index is 11.5. The molecule has 0 amide bonds. The minimum absolute atomic E-state index is 0.450. The largest absolute Gasteiger partial charge is 0.482 e. The molecular formula is C6H8F2N2O3. The Balaban J connectivity index is 4.74. The van der Waals surface area contributed by atoms with Crippen molar-refractivity contribution in [3.63, 3.8) is 0 Å². The second-order valence-electron chi connectivity index (χ2n) is 1.84. The molecule has 0 aromatic heterocycles. The highest BCUT2D eigenvalue weighted by Gasteiger charge is 2.11. The number of carboxylic acid groups (broad SMARTS) is 1. The van der Waals surface area contributed by atoms with Crippen LogP contribution in [-0.4, -0.2) is 30.9 Å². The summed E-state index contributed by atoms with van der Waals surface area (Å²) in [6, 6.07) is 0. The molecule has 5 nitrogen and oxygen atoms in total. The average Bonchev–Trinajstić information content (AvgIpc) is 2.03. The summed E-state index contributed by atoms with van der Waals surface area (Å²) in [7, 11) is 1.12. The van der Waals surface area contributed by atoms with Crippen molar-refractivity contribution in [1.82, 2.24) is 0 Å². The van der Waals surface area contributed by atoms with Crippen LogP contribution in [0, 0.1) is 0 Å². The van der Waals surface area contributed by atoms with Crippen molar-refractivity contribution in [1.29, 1.82) is 0 Å². The van der Waals surface area contributed by atoms with Gasteiger partial charge in [-0.1, -0.05) is 0 Å². The molecule has 0 heterocycles. The van der Waals surface area contributed by atoms with E-state index in [1.807, 2.05) is 0 Å². The van der Waals surface area contributed by atoms with E-state index in [1.54, 1.807) is 0 Å². The number of carbonyl (C=O) groups is 1. The minimum atomic E-state index is -2.97. The zero-order valence-electron chi connectivity index (χ0n) is 6.70. The topological polar surface area (TPSA) is 84.9 Å². The van der Waals surface area contributed by atoms with Gasteiger partial charge in [0.05, 0.1) is 7.11 Å². The van der Waals surface area contributed by atoms with Crippen molar-refractivity contribution in [3.8, 4) is 0 Å². The van der Waals surface area contributed by atoms with E-state index in [9.17, 15) is 13.6 Å². The highest BCUT2D eigenvalue weighted by atomic mass is 19.3. The Morgan fingerprint density at radius 2 is 2.23 bits per heavy atom. The third-order valence-electron chi connectivity index (χ3n) is 1.03. The average molecular weight is 194 g/mol. The minimum Gasteiger partial charge on any atom is -0.482 e. The van der Waals surface area contributed by atoms with Crippen LogP contribution in [0.5, 0.6) is 0 Å². The highest BCUT2D eigenvalue weighted by molar-refractivity contribution is 6.08. The van der Waals surface area contributed by atoms with Crippen molar-refractivity contribution in [3.05, 3.63) is 11.5 Å². The lowest BCUT2D eigenvalue weighted by molar-refractivity contribution is -0.132. The van der Waals surface area contributed by atoms with Gasteiger partial charge in [0.1, 0.15) is 5.57 Å². The fourth-order valence-electron chi connectivity index (χ4n) is 0.465. The molecule has 0 fully saturated rings. The Hall–Kier alpha value is -1.66. The number of aliphatic imine (C=N–C) groups is 1.